The topological polar surface area (TPSA) is 337 Å². The summed E-state index contributed by atoms with van der Waals surface area (Å²) in [6.07, 6.45) is 32.1. The first-order chi connectivity index (χ1) is 40.9. The van der Waals surface area contributed by atoms with E-state index in [0.717, 1.165) is 44.9 Å². The number of hydrogen-bond acceptors (Lipinski definition) is 10. The summed E-state index contributed by atoms with van der Waals surface area (Å²) in [6, 6.07) is 0.365. The predicted molar refractivity (Wildman–Crippen MR) is 331 cm³/mol. The van der Waals surface area contributed by atoms with Crippen LogP contribution in [0.4, 0.5) is 0 Å². The second-order valence-electron chi connectivity index (χ2n) is 23.1. The van der Waals surface area contributed by atoms with E-state index in [1.807, 2.05) is 0 Å². The number of benzene rings is 1. The zero-order chi connectivity index (χ0) is 62.5. The Morgan fingerprint density at radius 2 is 0.906 bits per heavy atom. The van der Waals surface area contributed by atoms with Gasteiger partial charge in [-0.3, -0.25) is 47.9 Å². The first-order valence-corrected chi connectivity index (χ1v) is 32.2. The van der Waals surface area contributed by atoms with Crippen molar-refractivity contribution in [2.75, 3.05) is 13.1 Å². The van der Waals surface area contributed by atoms with Crippen molar-refractivity contribution in [3.8, 4) is 0 Å². The second kappa shape index (κ2) is 46.7. The fraction of sp³-hybridized carbons (Fsp3) is 0.719. The Balaban J connectivity index is 2.08. The molecular formula is C64H107N9O12. The number of aromatic nitrogens is 1. The summed E-state index contributed by atoms with van der Waals surface area (Å²) in [4.78, 5) is 133. The molecule has 1 heterocycles. The summed E-state index contributed by atoms with van der Waals surface area (Å²) in [5.74, 6) is -8.56. The number of amides is 8. The van der Waals surface area contributed by atoms with Crippen molar-refractivity contribution >= 4 is 70.1 Å². The quantitative estimate of drug-likeness (QED) is 0.0277. The van der Waals surface area contributed by atoms with Crippen molar-refractivity contribution in [1.82, 2.24) is 42.2 Å². The van der Waals surface area contributed by atoms with Gasteiger partial charge < -0.3 is 58.1 Å². The van der Waals surface area contributed by atoms with Gasteiger partial charge in [0.1, 0.15) is 24.2 Å². The molecule has 12 N–H and O–H groups in total. The van der Waals surface area contributed by atoms with E-state index in [4.69, 9.17) is 5.73 Å². The van der Waals surface area contributed by atoms with Gasteiger partial charge in [-0.05, 0) is 57.1 Å². The van der Waals surface area contributed by atoms with Gasteiger partial charge in [-0.15, -0.1) is 0 Å². The summed E-state index contributed by atoms with van der Waals surface area (Å²) in [7, 11) is 0. The third-order valence-electron chi connectivity index (χ3n) is 15.3. The molecule has 2 aromatic rings. The molecule has 0 aliphatic heterocycles. The molecule has 480 valence electrons. The normalized spacial score (nSPS) is 12.9. The zero-order valence-electron chi connectivity index (χ0n) is 51.7. The second-order valence-corrected chi connectivity index (χ2v) is 23.1. The van der Waals surface area contributed by atoms with Crippen LogP contribution in [-0.4, -0.2) is 118 Å². The van der Waals surface area contributed by atoms with E-state index in [2.05, 4.69) is 56.0 Å². The Labute approximate surface area is 505 Å². The highest BCUT2D eigenvalue weighted by molar-refractivity contribution is 5.98. The van der Waals surface area contributed by atoms with Gasteiger partial charge in [-0.2, -0.15) is 0 Å². The lowest BCUT2D eigenvalue weighted by Crippen LogP contribution is -2.58. The first-order valence-electron chi connectivity index (χ1n) is 32.2. The summed E-state index contributed by atoms with van der Waals surface area (Å²) in [5.41, 5.74) is 6.44. The summed E-state index contributed by atoms with van der Waals surface area (Å²) in [5, 5.41) is 38.3. The fourth-order valence-corrected chi connectivity index (χ4v) is 10.3. The molecule has 1 aromatic heterocycles. The van der Waals surface area contributed by atoms with Crippen LogP contribution in [0.25, 0.3) is 10.9 Å². The molecule has 0 saturated heterocycles. The standard InChI is InChI=1S/C64H107N9O12/c1-4-6-8-10-12-14-16-18-20-22-24-26-28-37-56(75)66-41-33-32-36-51(70-57(76)38-29-27-25-23-21-19-17-15-13-11-9-7-5-2)61(82)68-46-58(77)71-53(43-59(78)79)64(85)72-52(42-48-45-67-50-35-31-30-34-49(48)50)63(84)73-54(44-60(80)81)62(83)69-47(3)39-40-55(65)74/h30-31,34-35,45,47,51-54,67H,4-29,32-33,36-44,46H2,1-3H3,(H2,65,74)(H,66,75)(H,68,82)(H,69,83)(H,70,76)(H,71,77)(H,72,85)(H,73,84)(H,78,79)(H,80,81). The van der Waals surface area contributed by atoms with Crippen molar-refractivity contribution in [1.29, 1.82) is 0 Å². The number of nitrogens with two attached hydrogens (primary N) is 1. The Bertz CT molecular complexity index is 2290. The van der Waals surface area contributed by atoms with E-state index in [1.54, 1.807) is 37.4 Å². The van der Waals surface area contributed by atoms with Crippen molar-refractivity contribution in [2.45, 2.75) is 282 Å². The number of nitrogens with one attached hydrogen (secondary N) is 8. The minimum atomic E-state index is -1.79. The zero-order valence-corrected chi connectivity index (χ0v) is 51.7. The number of H-pyrrole nitrogens is 1. The molecule has 2 rings (SSSR count). The van der Waals surface area contributed by atoms with Crippen LogP contribution in [0, 0.1) is 0 Å². The van der Waals surface area contributed by atoms with Crippen LogP contribution >= 0.6 is 0 Å². The molecule has 8 amide bonds. The van der Waals surface area contributed by atoms with Gasteiger partial charge in [-0.25, -0.2) is 0 Å². The minimum Gasteiger partial charge on any atom is -0.481 e. The number of fused-ring (bicyclic) bond motifs is 1. The van der Waals surface area contributed by atoms with Gasteiger partial charge in [0.25, 0.3) is 0 Å². The third-order valence-corrected chi connectivity index (χ3v) is 15.3. The van der Waals surface area contributed by atoms with Gasteiger partial charge in [0.05, 0.1) is 19.4 Å². The molecule has 0 radical (unpaired) electrons. The highest BCUT2D eigenvalue weighted by atomic mass is 16.4. The maximum absolute atomic E-state index is 14.1. The van der Waals surface area contributed by atoms with Crippen molar-refractivity contribution < 1.29 is 58.2 Å². The van der Waals surface area contributed by atoms with Crippen LogP contribution in [0.1, 0.15) is 251 Å². The van der Waals surface area contributed by atoms with E-state index in [0.29, 0.717) is 48.7 Å². The van der Waals surface area contributed by atoms with Crippen LogP contribution in [-0.2, 0) is 54.4 Å². The van der Waals surface area contributed by atoms with Crippen LogP contribution in [0.2, 0.25) is 0 Å². The van der Waals surface area contributed by atoms with Crippen molar-refractivity contribution in [3.05, 3.63) is 36.0 Å². The SMILES string of the molecule is CCCCCCCCCCCCCCCC(=O)NCCCCC(NC(=O)CCCCCCCCCCCCCCC)C(=O)NCC(=O)NC(CC(=O)O)C(=O)NC(Cc1c[nH]c2ccccc12)C(=O)NC(CC(=O)O)C(=O)NC(C)CCC(N)=O. The lowest BCUT2D eigenvalue weighted by Gasteiger charge is -2.25. The largest absolute Gasteiger partial charge is 0.481 e. The van der Waals surface area contributed by atoms with Crippen LogP contribution in [0.5, 0.6) is 0 Å². The molecule has 21 nitrogen and oxygen atoms in total. The number of aliphatic carboxylic acids is 2. The smallest absolute Gasteiger partial charge is 0.305 e. The molecule has 0 fully saturated rings. The molecule has 0 aliphatic rings. The number of para-hydroxylation sites is 1. The van der Waals surface area contributed by atoms with Crippen molar-refractivity contribution in [2.24, 2.45) is 5.73 Å². The average molecular weight is 1190 g/mol. The highest BCUT2D eigenvalue weighted by Crippen LogP contribution is 2.20. The molecule has 0 saturated carbocycles. The number of primary amides is 1. The van der Waals surface area contributed by atoms with Crippen molar-refractivity contribution in [3.63, 3.8) is 0 Å². The van der Waals surface area contributed by atoms with E-state index in [1.165, 1.54) is 116 Å². The fourth-order valence-electron chi connectivity index (χ4n) is 10.3. The van der Waals surface area contributed by atoms with Crippen LogP contribution < -0.4 is 43.0 Å². The maximum Gasteiger partial charge on any atom is 0.305 e. The number of hydrogen-bond donors (Lipinski definition) is 11. The van der Waals surface area contributed by atoms with Gasteiger partial charge in [0, 0.05) is 55.4 Å². The summed E-state index contributed by atoms with van der Waals surface area (Å²) in [6.45, 7) is 5.69. The van der Waals surface area contributed by atoms with Gasteiger partial charge in [0.15, 0.2) is 0 Å². The van der Waals surface area contributed by atoms with E-state index in [9.17, 15) is 58.2 Å². The number of carboxylic acid groups (broad SMARTS) is 2. The minimum absolute atomic E-state index is 0.0351. The van der Waals surface area contributed by atoms with Gasteiger partial charge in [-0.1, -0.05) is 186 Å². The number of carbonyl (C=O) groups is 10. The summed E-state index contributed by atoms with van der Waals surface area (Å²) >= 11 is 0. The molecule has 21 heteroatoms. The number of unbranched alkanes of at least 4 members (excludes halogenated alkanes) is 25. The van der Waals surface area contributed by atoms with E-state index in [-0.39, 0.29) is 43.9 Å². The number of rotatable bonds is 53. The molecular weight excluding hydrogens is 1090 g/mol. The number of carbonyl (C=O) groups excluding carboxylic acids is 8. The van der Waals surface area contributed by atoms with Gasteiger partial charge in [0.2, 0.25) is 47.3 Å². The molecule has 0 aliphatic carbocycles. The molecule has 0 bridgehead atoms. The Morgan fingerprint density at radius 1 is 0.459 bits per heavy atom. The highest BCUT2D eigenvalue weighted by Gasteiger charge is 2.33. The van der Waals surface area contributed by atoms with Crippen LogP contribution in [0.15, 0.2) is 30.5 Å². The Morgan fingerprint density at radius 3 is 1.42 bits per heavy atom. The molecule has 85 heavy (non-hydrogen) atoms. The molecule has 5 atom stereocenters. The number of aromatic amines is 1. The van der Waals surface area contributed by atoms with E-state index < -0.39 is 97.0 Å². The lowest BCUT2D eigenvalue weighted by atomic mass is 10.0. The third kappa shape index (κ3) is 36.8. The summed E-state index contributed by atoms with van der Waals surface area (Å²) < 4.78 is 0. The number of carboxylic acids is 2. The van der Waals surface area contributed by atoms with E-state index >= 15 is 0 Å². The molecule has 1 aromatic carbocycles. The van der Waals surface area contributed by atoms with Crippen LogP contribution in [0.3, 0.4) is 0 Å². The maximum atomic E-state index is 14.1. The Kier molecular flexibility index (Phi) is 41.0. The predicted octanol–water partition coefficient (Wildman–Crippen LogP) is 8.73. The Hall–Kier alpha value is -6.54. The molecule has 0 spiro atoms. The van der Waals surface area contributed by atoms with Gasteiger partial charge >= 0.3 is 11.9 Å². The average Bonchev–Trinajstić information content (AvgIpc) is 4.06. The monoisotopic (exact) mass is 1190 g/mol. The first kappa shape index (κ1) is 74.6. The lowest BCUT2D eigenvalue weighted by molar-refractivity contribution is -0.141. The molecule has 5 unspecified atom stereocenters.